The molecule has 0 saturated carbocycles. The Morgan fingerprint density at radius 3 is 2.32 bits per heavy atom. The fourth-order valence-electron chi connectivity index (χ4n) is 2.26. The third kappa shape index (κ3) is 5.00. The van der Waals surface area contributed by atoms with Crippen molar-refractivity contribution < 1.29 is 24.6 Å². The molecule has 3 rings (SSSR count). The molecule has 0 aliphatic carbocycles. The molecule has 1 aromatic rings. The van der Waals surface area contributed by atoms with Crippen molar-refractivity contribution in [2.75, 3.05) is 5.75 Å². The number of β-lactam (4-membered cyclic amide) rings is 1. The second-order valence-corrected chi connectivity index (χ2v) is 8.22. The number of aryl methyl sites for hydroxylation is 1. The highest BCUT2D eigenvalue weighted by atomic mass is 35.5. The molecule has 28 heavy (non-hydrogen) atoms. The van der Waals surface area contributed by atoms with E-state index >= 15 is 0 Å². The molecule has 1 aromatic heterocycles. The van der Waals surface area contributed by atoms with Crippen molar-refractivity contribution in [2.45, 2.75) is 45.7 Å². The lowest BCUT2D eigenvalue weighted by Gasteiger charge is -2.47. The van der Waals surface area contributed by atoms with Crippen LogP contribution in [0.3, 0.4) is 0 Å². The van der Waals surface area contributed by atoms with E-state index in [0.29, 0.717) is 17.2 Å². The first-order chi connectivity index (χ1) is 12.4. The quantitative estimate of drug-likeness (QED) is 0.555. The van der Waals surface area contributed by atoms with Crippen LogP contribution in [0.1, 0.15) is 26.6 Å². The number of fused-ring (bicyclic) bond motifs is 1. The van der Waals surface area contributed by atoms with Crippen molar-refractivity contribution in [1.29, 1.82) is 0 Å². The molecule has 0 bridgehead atoms. The van der Waals surface area contributed by atoms with Crippen molar-refractivity contribution in [3.63, 3.8) is 0 Å². The van der Waals surface area contributed by atoms with Gasteiger partial charge in [-0.2, -0.15) is 4.80 Å². The summed E-state index contributed by atoms with van der Waals surface area (Å²) in [4.78, 5) is 35.8. The maximum absolute atomic E-state index is 11.8. The number of aliphatic carboxylic acids is 2. The topological polar surface area (TPSA) is 165 Å². The summed E-state index contributed by atoms with van der Waals surface area (Å²) < 4.78 is 0. The van der Waals surface area contributed by atoms with Gasteiger partial charge in [0.2, 0.25) is 5.91 Å². The van der Waals surface area contributed by atoms with Gasteiger partial charge in [0.05, 0.1) is 12.0 Å². The van der Waals surface area contributed by atoms with Crippen LogP contribution in [0.4, 0.5) is 0 Å². The number of rotatable bonds is 3. The number of carbonyl (C=O) groups excluding carboxylic acids is 1. The lowest BCUT2D eigenvalue weighted by Crippen LogP contribution is -2.68. The van der Waals surface area contributed by atoms with Crippen molar-refractivity contribution in [1.82, 2.24) is 25.1 Å². The Bertz CT molecular complexity index is 805. The minimum atomic E-state index is -1.14. The van der Waals surface area contributed by atoms with Crippen molar-refractivity contribution in [3.05, 3.63) is 17.1 Å². The van der Waals surface area contributed by atoms with Gasteiger partial charge in [-0.15, -0.1) is 34.4 Å². The number of thioether (sulfide) groups is 1. The number of nitrogens with two attached hydrogens (primary N) is 1. The normalized spacial score (nSPS) is 21.0. The Morgan fingerprint density at radius 2 is 1.89 bits per heavy atom. The summed E-state index contributed by atoms with van der Waals surface area (Å²) in [6.07, 6.45) is 0. The Hall–Kier alpha value is -2.18. The highest BCUT2D eigenvalue weighted by molar-refractivity contribution is 8.00. The van der Waals surface area contributed by atoms with Gasteiger partial charge < -0.3 is 15.9 Å². The van der Waals surface area contributed by atoms with Crippen LogP contribution in [0.5, 0.6) is 0 Å². The molecule has 1 fully saturated rings. The Labute approximate surface area is 171 Å². The highest BCUT2D eigenvalue weighted by Gasteiger charge is 2.51. The van der Waals surface area contributed by atoms with E-state index in [0.717, 1.165) is 0 Å². The Balaban J connectivity index is 0.000000425. The van der Waals surface area contributed by atoms with Crippen LogP contribution in [-0.2, 0) is 20.9 Å². The van der Waals surface area contributed by atoms with Gasteiger partial charge in [-0.3, -0.25) is 14.5 Å². The molecule has 13 heteroatoms. The number of carboxylic acid groups (broad SMARTS) is 2. The van der Waals surface area contributed by atoms with E-state index in [1.165, 1.54) is 21.5 Å². The number of carbonyl (C=O) groups is 3. The van der Waals surface area contributed by atoms with Crippen molar-refractivity contribution in [3.8, 4) is 0 Å². The van der Waals surface area contributed by atoms with Crippen LogP contribution >= 0.6 is 24.2 Å². The van der Waals surface area contributed by atoms with E-state index in [1.54, 1.807) is 27.7 Å². The molecule has 156 valence electrons. The fraction of sp³-hybridized carbons (Fsp3) is 0.600. The number of tetrazole rings is 1. The molecule has 2 aliphatic heterocycles. The van der Waals surface area contributed by atoms with Crippen LogP contribution < -0.4 is 5.73 Å². The first-order valence-electron chi connectivity index (χ1n) is 8.07. The molecule has 1 amide bonds. The largest absolute Gasteiger partial charge is 0.481 e. The van der Waals surface area contributed by atoms with E-state index in [4.69, 9.17) is 10.8 Å². The van der Waals surface area contributed by atoms with E-state index in [9.17, 15) is 19.5 Å². The van der Waals surface area contributed by atoms with Gasteiger partial charge in [-0.25, -0.2) is 4.79 Å². The molecule has 1 saturated heterocycles. The van der Waals surface area contributed by atoms with E-state index < -0.39 is 23.4 Å². The van der Waals surface area contributed by atoms with E-state index in [-0.39, 0.29) is 35.9 Å². The van der Waals surface area contributed by atoms with Crippen LogP contribution in [-0.4, -0.2) is 70.3 Å². The summed E-state index contributed by atoms with van der Waals surface area (Å²) in [5.41, 5.74) is 5.67. The summed E-state index contributed by atoms with van der Waals surface area (Å²) in [6, 6.07) is -0.623. The molecule has 0 spiro atoms. The minimum Gasteiger partial charge on any atom is -0.481 e. The molecule has 0 unspecified atom stereocenters. The van der Waals surface area contributed by atoms with Crippen molar-refractivity contribution >= 4 is 42.0 Å². The number of hydrogen-bond acceptors (Lipinski definition) is 8. The molecule has 2 aliphatic rings. The van der Waals surface area contributed by atoms with Crippen LogP contribution in [0.25, 0.3) is 0 Å². The van der Waals surface area contributed by atoms with Gasteiger partial charge in [0.1, 0.15) is 17.1 Å². The summed E-state index contributed by atoms with van der Waals surface area (Å²) in [5.74, 6) is -1.27. The van der Waals surface area contributed by atoms with Crippen LogP contribution in [0, 0.1) is 12.3 Å². The first kappa shape index (κ1) is 23.9. The zero-order chi connectivity index (χ0) is 20.5. The Kier molecular flexibility index (Phi) is 7.57. The maximum Gasteiger partial charge on any atom is 0.352 e. The molecular formula is C15H23ClN6O5S. The third-order valence-electron chi connectivity index (χ3n) is 3.82. The van der Waals surface area contributed by atoms with Gasteiger partial charge in [-0.1, -0.05) is 0 Å². The van der Waals surface area contributed by atoms with Crippen molar-refractivity contribution in [2.24, 2.45) is 11.1 Å². The van der Waals surface area contributed by atoms with Gasteiger partial charge in [0, 0.05) is 5.75 Å². The van der Waals surface area contributed by atoms with E-state index in [2.05, 4.69) is 15.4 Å². The van der Waals surface area contributed by atoms with E-state index in [1.807, 2.05) is 0 Å². The second kappa shape index (κ2) is 8.88. The third-order valence-corrected chi connectivity index (χ3v) is 5.18. The van der Waals surface area contributed by atoms with Crippen LogP contribution in [0.2, 0.25) is 0 Å². The zero-order valence-electron chi connectivity index (χ0n) is 15.8. The number of hydrogen-bond donors (Lipinski definition) is 3. The van der Waals surface area contributed by atoms with Gasteiger partial charge in [0.25, 0.3) is 0 Å². The van der Waals surface area contributed by atoms with Gasteiger partial charge in [0.15, 0.2) is 5.82 Å². The average Bonchev–Trinajstić information content (AvgIpc) is 2.98. The van der Waals surface area contributed by atoms with Crippen LogP contribution in [0.15, 0.2) is 11.3 Å². The number of halogens is 1. The predicted octanol–water partition coefficient (Wildman–Crippen LogP) is 0.102. The molecule has 4 N–H and O–H groups in total. The lowest BCUT2D eigenvalue weighted by molar-refractivity contribution is -0.148. The summed E-state index contributed by atoms with van der Waals surface area (Å²) in [7, 11) is 0. The monoisotopic (exact) mass is 434 g/mol. The molecule has 0 radical (unpaired) electrons. The first-order valence-corrected chi connectivity index (χ1v) is 9.11. The summed E-state index contributed by atoms with van der Waals surface area (Å²) in [6.45, 7) is 6.88. The number of nitrogens with zero attached hydrogens (tertiary/aromatic N) is 5. The highest BCUT2D eigenvalue weighted by Crippen LogP contribution is 2.39. The number of carboxylic acids is 2. The molecular weight excluding hydrogens is 412 g/mol. The maximum atomic E-state index is 11.8. The standard InChI is InChI=1S/C10H12N6O3S.C5H10O2.ClH/c1-4-12-14-15(13-4)2-5-3-20-9-6(11)8(17)16(9)7(5)10(18)19;1-5(2,3)4(6)7;/h6,9H,2-3,11H2,1H3,(H,18,19);1-3H3,(H,6,7);1H/t6-,9-;;/m1../s1. The van der Waals surface area contributed by atoms with Gasteiger partial charge >= 0.3 is 11.9 Å². The Morgan fingerprint density at radius 1 is 1.32 bits per heavy atom. The SMILES string of the molecule is CC(C)(C)C(=O)O.Cc1nnn(CC2=C(C(=O)O)N3C(=O)[C@@H](N)[C@H]3SC2)n1.Cl. The molecule has 3 heterocycles. The molecule has 2 atom stereocenters. The average molecular weight is 435 g/mol. The minimum absolute atomic E-state index is 0. The molecule has 0 aromatic carbocycles. The number of aromatic nitrogens is 4. The zero-order valence-corrected chi connectivity index (χ0v) is 17.5. The lowest BCUT2D eigenvalue weighted by atomic mass is 9.98. The second-order valence-electron chi connectivity index (χ2n) is 7.12. The predicted molar refractivity (Wildman–Crippen MR) is 103 cm³/mol. The fourth-order valence-corrected chi connectivity index (χ4v) is 3.54. The number of amides is 1. The molecule has 11 nitrogen and oxygen atoms in total. The van der Waals surface area contributed by atoms with Gasteiger partial charge in [-0.05, 0) is 38.5 Å². The summed E-state index contributed by atoms with van der Waals surface area (Å²) in [5, 5.41) is 28.9. The smallest absolute Gasteiger partial charge is 0.352 e. The summed E-state index contributed by atoms with van der Waals surface area (Å²) >= 11 is 1.45.